The number of hydrogen-bond donors (Lipinski definition) is 0. The standard InChI is InChI=1S/C15H24N4S/c1-11-16-17-15(20-11)10-18-7-12-6-13(9-18)14-4-2-3-5-19(14)8-12/h12-14H,2-10H2,1H3/t12-,13+,14-/m0/s1. The van der Waals surface area contributed by atoms with Crippen LogP contribution >= 0.6 is 11.3 Å². The third-order valence-electron chi connectivity index (χ3n) is 5.27. The van der Waals surface area contributed by atoms with Gasteiger partial charge in [-0.2, -0.15) is 0 Å². The van der Waals surface area contributed by atoms with E-state index in [0.29, 0.717) is 0 Å². The molecule has 0 aliphatic carbocycles. The predicted molar refractivity (Wildman–Crippen MR) is 80.7 cm³/mol. The van der Waals surface area contributed by atoms with E-state index in [1.165, 1.54) is 56.9 Å². The van der Waals surface area contributed by atoms with Crippen molar-refractivity contribution in [2.24, 2.45) is 11.8 Å². The molecular formula is C15H24N4S. The number of rotatable bonds is 2. The second-order valence-electron chi connectivity index (χ2n) is 6.83. The SMILES string of the molecule is Cc1nnc(CN2C[C@@H]3C[C@H](C2)[C@@H]2CCCCN2C3)s1. The van der Waals surface area contributed by atoms with Gasteiger partial charge in [-0.1, -0.05) is 6.42 Å². The van der Waals surface area contributed by atoms with Gasteiger partial charge in [0.05, 0.1) is 6.54 Å². The van der Waals surface area contributed by atoms with E-state index in [1.807, 2.05) is 6.92 Å². The summed E-state index contributed by atoms with van der Waals surface area (Å²) in [5.41, 5.74) is 0. The summed E-state index contributed by atoms with van der Waals surface area (Å²) in [6.45, 7) is 8.30. The van der Waals surface area contributed by atoms with Crippen LogP contribution in [0.25, 0.3) is 0 Å². The Morgan fingerprint density at radius 1 is 1.20 bits per heavy atom. The Labute approximate surface area is 125 Å². The molecule has 4 rings (SSSR count). The lowest BCUT2D eigenvalue weighted by atomic mass is 9.76. The Kier molecular flexibility index (Phi) is 3.52. The molecule has 0 N–H and O–H groups in total. The molecule has 3 saturated heterocycles. The Morgan fingerprint density at radius 2 is 2.15 bits per heavy atom. The van der Waals surface area contributed by atoms with E-state index >= 15 is 0 Å². The van der Waals surface area contributed by atoms with Crippen molar-refractivity contribution < 1.29 is 0 Å². The van der Waals surface area contributed by atoms with Crippen molar-refractivity contribution in [3.05, 3.63) is 10.0 Å². The average Bonchev–Trinajstić information content (AvgIpc) is 2.84. The molecule has 1 aromatic rings. The minimum atomic E-state index is 0.874. The largest absolute Gasteiger partial charge is 0.300 e. The molecule has 4 nitrogen and oxygen atoms in total. The molecule has 0 unspecified atom stereocenters. The molecule has 110 valence electrons. The molecule has 0 spiro atoms. The number of piperidine rings is 3. The summed E-state index contributed by atoms with van der Waals surface area (Å²) in [6.07, 6.45) is 5.76. The topological polar surface area (TPSA) is 32.3 Å². The Hall–Kier alpha value is -0.520. The first-order valence-electron chi connectivity index (χ1n) is 8.03. The second-order valence-corrected chi connectivity index (χ2v) is 8.09. The summed E-state index contributed by atoms with van der Waals surface area (Å²) in [4.78, 5) is 5.44. The van der Waals surface area contributed by atoms with Gasteiger partial charge in [0.2, 0.25) is 0 Å². The van der Waals surface area contributed by atoms with E-state index in [0.717, 1.165) is 29.4 Å². The number of likely N-dealkylation sites (tertiary alicyclic amines) is 1. The lowest BCUT2D eigenvalue weighted by Gasteiger charge is -2.52. The fourth-order valence-electron chi connectivity index (χ4n) is 4.59. The van der Waals surface area contributed by atoms with Gasteiger partial charge in [0.25, 0.3) is 0 Å². The summed E-state index contributed by atoms with van der Waals surface area (Å²) < 4.78 is 0. The van der Waals surface area contributed by atoms with Crippen LogP contribution in [0.15, 0.2) is 0 Å². The van der Waals surface area contributed by atoms with Crippen LogP contribution in [-0.4, -0.2) is 52.2 Å². The van der Waals surface area contributed by atoms with Crippen molar-refractivity contribution in [3.63, 3.8) is 0 Å². The zero-order valence-corrected chi connectivity index (χ0v) is 13.1. The van der Waals surface area contributed by atoms with Gasteiger partial charge in [-0.15, -0.1) is 21.5 Å². The first kappa shape index (κ1) is 13.2. The molecule has 3 aliphatic heterocycles. The normalized spacial score (nSPS) is 35.0. The van der Waals surface area contributed by atoms with E-state index < -0.39 is 0 Å². The monoisotopic (exact) mass is 292 g/mol. The van der Waals surface area contributed by atoms with Gasteiger partial charge in [0.15, 0.2) is 0 Å². The third kappa shape index (κ3) is 2.51. The van der Waals surface area contributed by atoms with Crippen molar-refractivity contribution in [2.45, 2.75) is 45.2 Å². The Morgan fingerprint density at radius 3 is 3.00 bits per heavy atom. The van der Waals surface area contributed by atoms with Crippen molar-refractivity contribution >= 4 is 11.3 Å². The molecule has 3 aliphatic rings. The maximum Gasteiger partial charge on any atom is 0.131 e. The number of aryl methyl sites for hydroxylation is 1. The molecule has 1 aromatic heterocycles. The van der Waals surface area contributed by atoms with Gasteiger partial charge < -0.3 is 0 Å². The first-order chi connectivity index (χ1) is 9.78. The Balaban J connectivity index is 1.44. The highest BCUT2D eigenvalue weighted by molar-refractivity contribution is 7.11. The van der Waals surface area contributed by atoms with Gasteiger partial charge in [-0.05, 0) is 44.6 Å². The molecular weight excluding hydrogens is 268 g/mol. The van der Waals surface area contributed by atoms with Crippen molar-refractivity contribution in [2.75, 3.05) is 26.2 Å². The van der Waals surface area contributed by atoms with E-state index in [4.69, 9.17) is 0 Å². The summed E-state index contributed by atoms with van der Waals surface area (Å²) >= 11 is 1.76. The lowest BCUT2D eigenvalue weighted by molar-refractivity contribution is -0.0325. The van der Waals surface area contributed by atoms with Crippen LogP contribution in [0, 0.1) is 18.8 Å². The molecule has 5 heteroatoms. The molecule has 0 radical (unpaired) electrons. The molecule has 2 bridgehead atoms. The van der Waals surface area contributed by atoms with E-state index in [1.54, 1.807) is 11.3 Å². The van der Waals surface area contributed by atoms with Crippen LogP contribution in [0.2, 0.25) is 0 Å². The van der Waals surface area contributed by atoms with Gasteiger partial charge in [-0.25, -0.2) is 0 Å². The number of nitrogens with zero attached hydrogens (tertiary/aromatic N) is 4. The van der Waals surface area contributed by atoms with Crippen LogP contribution in [0.1, 0.15) is 35.7 Å². The molecule has 0 saturated carbocycles. The zero-order valence-electron chi connectivity index (χ0n) is 12.3. The van der Waals surface area contributed by atoms with Crippen molar-refractivity contribution in [1.82, 2.24) is 20.0 Å². The predicted octanol–water partition coefficient (Wildman–Crippen LogP) is 2.15. The van der Waals surface area contributed by atoms with E-state index in [2.05, 4.69) is 20.0 Å². The summed E-state index contributed by atoms with van der Waals surface area (Å²) in [5.74, 6) is 1.79. The van der Waals surface area contributed by atoms with E-state index in [-0.39, 0.29) is 0 Å². The first-order valence-corrected chi connectivity index (χ1v) is 8.85. The quantitative estimate of drug-likeness (QED) is 0.836. The highest BCUT2D eigenvalue weighted by Gasteiger charge is 2.41. The van der Waals surface area contributed by atoms with Crippen LogP contribution in [0.5, 0.6) is 0 Å². The maximum absolute atomic E-state index is 4.30. The minimum absolute atomic E-state index is 0.874. The molecule has 3 fully saturated rings. The number of fused-ring (bicyclic) bond motifs is 4. The number of aromatic nitrogens is 2. The van der Waals surface area contributed by atoms with Crippen molar-refractivity contribution in [1.29, 1.82) is 0 Å². The second kappa shape index (κ2) is 5.35. The number of hydrogen-bond acceptors (Lipinski definition) is 5. The minimum Gasteiger partial charge on any atom is -0.300 e. The summed E-state index contributed by atoms with van der Waals surface area (Å²) in [6, 6.07) is 0.874. The molecule has 3 atom stereocenters. The third-order valence-corrected chi connectivity index (χ3v) is 6.10. The van der Waals surface area contributed by atoms with E-state index in [9.17, 15) is 0 Å². The zero-order chi connectivity index (χ0) is 13.5. The van der Waals surface area contributed by atoms with Gasteiger partial charge in [0, 0.05) is 25.7 Å². The maximum atomic E-state index is 4.30. The van der Waals surface area contributed by atoms with Crippen LogP contribution < -0.4 is 0 Å². The highest BCUT2D eigenvalue weighted by Crippen LogP contribution is 2.37. The average molecular weight is 292 g/mol. The van der Waals surface area contributed by atoms with Gasteiger partial charge >= 0.3 is 0 Å². The molecule has 0 aromatic carbocycles. The smallest absolute Gasteiger partial charge is 0.131 e. The highest BCUT2D eigenvalue weighted by atomic mass is 32.1. The summed E-state index contributed by atoms with van der Waals surface area (Å²) in [5, 5.41) is 10.7. The molecule has 20 heavy (non-hydrogen) atoms. The molecule has 0 amide bonds. The van der Waals surface area contributed by atoms with Crippen molar-refractivity contribution in [3.8, 4) is 0 Å². The lowest BCUT2D eigenvalue weighted by Crippen LogP contribution is -2.58. The molecule has 4 heterocycles. The van der Waals surface area contributed by atoms with Gasteiger partial charge in [-0.3, -0.25) is 9.80 Å². The van der Waals surface area contributed by atoms with Crippen LogP contribution in [0.3, 0.4) is 0 Å². The van der Waals surface area contributed by atoms with Gasteiger partial charge in [0.1, 0.15) is 10.0 Å². The van der Waals surface area contributed by atoms with Crippen LogP contribution in [-0.2, 0) is 6.54 Å². The van der Waals surface area contributed by atoms with Crippen LogP contribution in [0.4, 0.5) is 0 Å². The Bertz CT molecular complexity index is 474. The fourth-order valence-corrected chi connectivity index (χ4v) is 5.34. The summed E-state index contributed by atoms with van der Waals surface area (Å²) in [7, 11) is 0. The fraction of sp³-hybridized carbons (Fsp3) is 0.867.